The van der Waals surface area contributed by atoms with Crippen LogP contribution in [0.1, 0.15) is 82.5 Å². The second-order valence-electron chi connectivity index (χ2n) is 7.37. The van der Waals surface area contributed by atoms with Crippen LogP contribution < -0.4 is 0 Å². The number of carbonyl (C=O) groups excluding carboxylic acids is 2. The molecule has 2 fully saturated rings. The molecule has 0 atom stereocenters. The van der Waals surface area contributed by atoms with E-state index >= 15 is 0 Å². The van der Waals surface area contributed by atoms with Crippen LogP contribution in [0, 0.1) is 0 Å². The first-order valence-corrected chi connectivity index (χ1v) is 10.4. The van der Waals surface area contributed by atoms with Crippen LogP contribution in [0.4, 0.5) is 0 Å². The molecule has 5 nitrogen and oxygen atoms in total. The van der Waals surface area contributed by atoms with Crippen molar-refractivity contribution in [1.82, 2.24) is 9.88 Å². The summed E-state index contributed by atoms with van der Waals surface area (Å²) in [6.45, 7) is 3.73. The molecule has 134 valence electrons. The van der Waals surface area contributed by atoms with Gasteiger partial charge in [0.15, 0.2) is 5.78 Å². The van der Waals surface area contributed by atoms with Gasteiger partial charge in [0.05, 0.1) is 23.7 Å². The van der Waals surface area contributed by atoms with Crippen molar-refractivity contribution in [2.24, 2.45) is 4.99 Å². The molecule has 0 bridgehead atoms. The molecule has 0 spiro atoms. The third-order valence-electron chi connectivity index (χ3n) is 5.57. The fourth-order valence-corrected chi connectivity index (χ4v) is 5.28. The monoisotopic (exact) mass is 359 g/mol. The zero-order valence-corrected chi connectivity index (χ0v) is 15.4. The first-order valence-electron chi connectivity index (χ1n) is 9.56. The topological polar surface area (TPSA) is 62.6 Å². The number of Topliss-reactive ketones (excluding diaryl/α,β-unsaturated/α-hetero) is 2. The number of thiazole rings is 1. The van der Waals surface area contributed by atoms with Crippen LogP contribution in [0.25, 0.3) is 0 Å². The second kappa shape index (κ2) is 7.46. The summed E-state index contributed by atoms with van der Waals surface area (Å²) >= 11 is 1.46. The number of carbonyl (C=O) groups is 2. The Morgan fingerprint density at radius 1 is 1.08 bits per heavy atom. The molecule has 25 heavy (non-hydrogen) atoms. The molecular formula is C19H25N3O2S. The normalized spacial score (nSPS) is 24.2. The molecule has 0 aromatic carbocycles. The quantitative estimate of drug-likeness (QED) is 0.825. The number of hydrogen-bond acceptors (Lipinski definition) is 6. The van der Waals surface area contributed by atoms with E-state index in [0.29, 0.717) is 28.7 Å². The van der Waals surface area contributed by atoms with Crippen LogP contribution in [0.5, 0.6) is 0 Å². The molecule has 1 saturated carbocycles. The van der Waals surface area contributed by atoms with E-state index in [2.05, 4.69) is 14.9 Å². The van der Waals surface area contributed by atoms with Crippen molar-refractivity contribution < 1.29 is 9.59 Å². The summed E-state index contributed by atoms with van der Waals surface area (Å²) in [6, 6.07) is 0. The summed E-state index contributed by atoms with van der Waals surface area (Å²) in [5.74, 6) is 0.337. The lowest BCUT2D eigenvalue weighted by Gasteiger charge is -2.18. The standard InChI is InChI=1S/C19H25N3O2S/c23-15-12-14(20-8-11-22-9-4-5-10-22)17(24)16-18(15)25-19(21-16)13-6-2-1-3-7-13/h13H,1-12H2. The average Bonchev–Trinajstić information content (AvgIpc) is 3.30. The molecule has 0 radical (unpaired) electrons. The van der Waals surface area contributed by atoms with E-state index in [1.807, 2.05) is 0 Å². The predicted molar refractivity (Wildman–Crippen MR) is 99.2 cm³/mol. The minimum atomic E-state index is -0.116. The summed E-state index contributed by atoms with van der Waals surface area (Å²) in [6.07, 6.45) is 8.64. The van der Waals surface area contributed by atoms with Crippen molar-refractivity contribution in [3.8, 4) is 0 Å². The zero-order chi connectivity index (χ0) is 17.2. The minimum absolute atomic E-state index is 0.0223. The fraction of sp³-hybridized carbons (Fsp3) is 0.684. The Morgan fingerprint density at radius 2 is 1.84 bits per heavy atom. The Balaban J connectivity index is 1.48. The number of likely N-dealkylation sites (tertiary alicyclic amines) is 1. The van der Waals surface area contributed by atoms with Crippen LogP contribution in [0.3, 0.4) is 0 Å². The van der Waals surface area contributed by atoms with Gasteiger partial charge in [-0.25, -0.2) is 4.98 Å². The Morgan fingerprint density at radius 3 is 2.60 bits per heavy atom. The zero-order valence-electron chi connectivity index (χ0n) is 14.6. The second-order valence-corrected chi connectivity index (χ2v) is 8.40. The van der Waals surface area contributed by atoms with Gasteiger partial charge in [-0.05, 0) is 38.8 Å². The smallest absolute Gasteiger partial charge is 0.227 e. The number of nitrogens with zero attached hydrogens (tertiary/aromatic N) is 3. The number of hydrogen-bond donors (Lipinski definition) is 0. The van der Waals surface area contributed by atoms with Crippen LogP contribution >= 0.6 is 11.3 Å². The van der Waals surface area contributed by atoms with Crippen molar-refractivity contribution in [2.45, 2.75) is 57.3 Å². The fourth-order valence-electron chi connectivity index (χ4n) is 4.11. The Bertz CT molecular complexity index is 698. The van der Waals surface area contributed by atoms with Gasteiger partial charge in [0, 0.05) is 12.5 Å². The Hall–Kier alpha value is -1.40. The van der Waals surface area contributed by atoms with Gasteiger partial charge in [-0.3, -0.25) is 14.6 Å². The van der Waals surface area contributed by atoms with Crippen molar-refractivity contribution in [3.63, 3.8) is 0 Å². The number of aromatic nitrogens is 1. The van der Waals surface area contributed by atoms with Gasteiger partial charge < -0.3 is 4.90 Å². The maximum absolute atomic E-state index is 12.7. The van der Waals surface area contributed by atoms with E-state index in [0.717, 1.165) is 37.5 Å². The molecule has 4 rings (SSSR count). The van der Waals surface area contributed by atoms with Crippen molar-refractivity contribution in [3.05, 3.63) is 15.6 Å². The van der Waals surface area contributed by atoms with E-state index in [4.69, 9.17) is 0 Å². The number of aliphatic imine (C=N–C) groups is 1. The lowest BCUT2D eigenvalue weighted by molar-refractivity contribution is 0.0966. The molecule has 1 saturated heterocycles. The third-order valence-corrected chi connectivity index (χ3v) is 6.83. The number of ketones is 2. The van der Waals surface area contributed by atoms with Gasteiger partial charge in [0.2, 0.25) is 5.78 Å². The van der Waals surface area contributed by atoms with Crippen LogP contribution in [-0.4, -0.2) is 53.3 Å². The predicted octanol–water partition coefficient (Wildman–Crippen LogP) is 3.50. The Labute approximate surface area is 152 Å². The average molecular weight is 359 g/mol. The summed E-state index contributed by atoms with van der Waals surface area (Å²) in [7, 11) is 0. The van der Waals surface area contributed by atoms with E-state index in [-0.39, 0.29) is 18.0 Å². The molecule has 1 aromatic heterocycles. The molecule has 1 aromatic rings. The SMILES string of the molecule is O=C1C(=NCCN2CCCC2)CC(=O)c2sc(C3CCCCC3)nc21. The first-order chi connectivity index (χ1) is 12.2. The molecule has 6 heteroatoms. The van der Waals surface area contributed by atoms with E-state index in [1.54, 1.807) is 0 Å². The molecule has 0 unspecified atom stereocenters. The first kappa shape index (κ1) is 17.0. The van der Waals surface area contributed by atoms with E-state index in [1.165, 1.54) is 43.4 Å². The summed E-state index contributed by atoms with van der Waals surface area (Å²) in [5, 5.41) is 0.990. The van der Waals surface area contributed by atoms with Gasteiger partial charge in [-0.2, -0.15) is 0 Å². The van der Waals surface area contributed by atoms with E-state index in [9.17, 15) is 9.59 Å². The maximum Gasteiger partial charge on any atom is 0.227 e. The number of rotatable bonds is 4. The highest BCUT2D eigenvalue weighted by atomic mass is 32.1. The molecule has 3 aliphatic rings. The van der Waals surface area contributed by atoms with Crippen molar-refractivity contribution >= 4 is 28.6 Å². The van der Waals surface area contributed by atoms with Crippen molar-refractivity contribution in [2.75, 3.05) is 26.2 Å². The summed E-state index contributed by atoms with van der Waals surface area (Å²) in [4.78, 5) is 37.2. The molecule has 0 amide bonds. The molecule has 2 heterocycles. The van der Waals surface area contributed by atoms with Gasteiger partial charge in [-0.1, -0.05) is 19.3 Å². The third kappa shape index (κ3) is 3.60. The highest BCUT2D eigenvalue weighted by Crippen LogP contribution is 2.37. The van der Waals surface area contributed by atoms with Crippen LogP contribution in [0.15, 0.2) is 4.99 Å². The molecule has 1 aliphatic heterocycles. The molecular weight excluding hydrogens is 334 g/mol. The highest BCUT2D eigenvalue weighted by Gasteiger charge is 2.34. The lowest BCUT2D eigenvalue weighted by atomic mass is 9.90. The summed E-state index contributed by atoms with van der Waals surface area (Å²) < 4.78 is 0. The largest absolute Gasteiger partial charge is 0.301 e. The van der Waals surface area contributed by atoms with E-state index < -0.39 is 0 Å². The van der Waals surface area contributed by atoms with Gasteiger partial charge in [-0.15, -0.1) is 11.3 Å². The van der Waals surface area contributed by atoms with Crippen LogP contribution in [-0.2, 0) is 0 Å². The van der Waals surface area contributed by atoms with Gasteiger partial charge in [0.1, 0.15) is 10.6 Å². The van der Waals surface area contributed by atoms with Crippen molar-refractivity contribution in [1.29, 1.82) is 0 Å². The Kier molecular flexibility index (Phi) is 5.08. The summed E-state index contributed by atoms with van der Waals surface area (Å²) in [5.41, 5.74) is 0.791. The molecule has 2 aliphatic carbocycles. The number of fused-ring (bicyclic) bond motifs is 1. The van der Waals surface area contributed by atoms with Gasteiger partial charge >= 0.3 is 0 Å². The maximum atomic E-state index is 12.7. The lowest BCUT2D eigenvalue weighted by Crippen LogP contribution is -2.28. The van der Waals surface area contributed by atoms with Gasteiger partial charge in [0.25, 0.3) is 0 Å². The highest BCUT2D eigenvalue weighted by molar-refractivity contribution is 7.14. The van der Waals surface area contributed by atoms with Crippen LogP contribution in [0.2, 0.25) is 0 Å². The minimum Gasteiger partial charge on any atom is -0.301 e. The molecule has 0 N–H and O–H groups in total.